The highest BCUT2D eigenvalue weighted by molar-refractivity contribution is 9.10. The first-order valence-electron chi connectivity index (χ1n) is 7.04. The Morgan fingerprint density at radius 2 is 1.80 bits per heavy atom. The van der Waals surface area contributed by atoms with Crippen molar-refractivity contribution in [1.29, 1.82) is 0 Å². The Hall–Kier alpha value is 0.260. The lowest BCUT2D eigenvalue weighted by Gasteiger charge is -2.37. The summed E-state index contributed by atoms with van der Waals surface area (Å²) >= 11 is 3.44. The minimum absolute atomic E-state index is 0. The van der Waals surface area contributed by atoms with Gasteiger partial charge < -0.3 is 9.73 Å². The lowest BCUT2D eigenvalue weighted by Crippen LogP contribution is -2.46. The monoisotopic (exact) mass is 384 g/mol. The van der Waals surface area contributed by atoms with Gasteiger partial charge in [0.2, 0.25) is 0 Å². The largest absolute Gasteiger partial charge is 0.453 e. The molecule has 0 aromatic carbocycles. The molecule has 1 aromatic heterocycles. The maximum Gasteiger partial charge on any atom is 0.169 e. The van der Waals surface area contributed by atoms with E-state index < -0.39 is 0 Å². The molecule has 0 radical (unpaired) electrons. The van der Waals surface area contributed by atoms with Crippen LogP contribution in [0.25, 0.3) is 0 Å². The molecule has 1 aliphatic carbocycles. The smallest absolute Gasteiger partial charge is 0.169 e. The number of rotatable bonds is 3. The number of hydrogen-bond donors (Lipinski definition) is 1. The lowest BCUT2D eigenvalue weighted by molar-refractivity contribution is 0.107. The fraction of sp³-hybridized carbons (Fsp3) is 0.714. The Bertz CT molecular complexity index is 390. The van der Waals surface area contributed by atoms with Gasteiger partial charge in [-0.1, -0.05) is 12.8 Å². The number of nitrogens with one attached hydrogen (secondary N) is 1. The minimum atomic E-state index is 0. The van der Waals surface area contributed by atoms with Gasteiger partial charge in [-0.3, -0.25) is 4.90 Å². The highest BCUT2D eigenvalue weighted by Gasteiger charge is 2.33. The highest BCUT2D eigenvalue weighted by atomic mass is 79.9. The molecule has 0 unspecified atom stereocenters. The van der Waals surface area contributed by atoms with Gasteiger partial charge in [0.1, 0.15) is 5.76 Å². The van der Waals surface area contributed by atoms with Crippen LogP contribution >= 0.6 is 40.7 Å². The normalized spacial score (nSPS) is 22.1. The third-order valence-electron chi connectivity index (χ3n) is 4.28. The molecule has 0 spiro atoms. The molecule has 116 valence electrons. The second-order valence-electron chi connectivity index (χ2n) is 5.42. The molecule has 0 amide bonds. The predicted octanol–water partition coefficient (Wildman–Crippen LogP) is 4.02. The first-order chi connectivity index (χ1) is 8.84. The Kier molecular flexibility index (Phi) is 7.91. The maximum atomic E-state index is 5.87. The number of hydrogen-bond acceptors (Lipinski definition) is 3. The van der Waals surface area contributed by atoms with Gasteiger partial charge in [-0.25, -0.2) is 0 Å². The summed E-state index contributed by atoms with van der Waals surface area (Å²) in [4.78, 5) is 2.61. The zero-order valence-corrected chi connectivity index (χ0v) is 14.7. The highest BCUT2D eigenvalue weighted by Crippen LogP contribution is 2.40. The maximum absolute atomic E-state index is 5.87. The van der Waals surface area contributed by atoms with Crippen LogP contribution in [0.1, 0.15) is 37.5 Å². The van der Waals surface area contributed by atoms with Gasteiger partial charge in [0.05, 0.1) is 6.04 Å². The van der Waals surface area contributed by atoms with Crippen molar-refractivity contribution in [2.45, 2.75) is 31.7 Å². The Balaban J connectivity index is 0.000001000. The second-order valence-corrected chi connectivity index (χ2v) is 6.20. The van der Waals surface area contributed by atoms with Crippen LogP contribution in [0.5, 0.6) is 0 Å². The van der Waals surface area contributed by atoms with Gasteiger partial charge in [0.25, 0.3) is 0 Å². The molecule has 0 bridgehead atoms. The average Bonchev–Trinajstić information content (AvgIpc) is 3.04. The van der Waals surface area contributed by atoms with Gasteiger partial charge in [-0.15, -0.1) is 24.8 Å². The van der Waals surface area contributed by atoms with Crippen LogP contribution in [-0.2, 0) is 0 Å². The van der Waals surface area contributed by atoms with E-state index in [1.807, 2.05) is 6.07 Å². The van der Waals surface area contributed by atoms with Gasteiger partial charge in [0, 0.05) is 26.2 Å². The molecule has 1 atom stereocenters. The van der Waals surface area contributed by atoms with E-state index in [0.29, 0.717) is 6.04 Å². The Labute approximate surface area is 141 Å². The van der Waals surface area contributed by atoms with Crippen molar-refractivity contribution in [3.63, 3.8) is 0 Å². The van der Waals surface area contributed by atoms with E-state index in [-0.39, 0.29) is 24.8 Å². The topological polar surface area (TPSA) is 28.4 Å². The first-order valence-corrected chi connectivity index (χ1v) is 7.84. The summed E-state index contributed by atoms with van der Waals surface area (Å²) in [6.45, 7) is 4.48. The molecular weight excluding hydrogens is 363 g/mol. The molecule has 20 heavy (non-hydrogen) atoms. The predicted molar refractivity (Wildman–Crippen MR) is 90.0 cm³/mol. The van der Waals surface area contributed by atoms with E-state index in [2.05, 4.69) is 32.2 Å². The van der Waals surface area contributed by atoms with Crippen LogP contribution in [0.15, 0.2) is 21.2 Å². The van der Waals surface area contributed by atoms with Crippen molar-refractivity contribution in [1.82, 2.24) is 10.2 Å². The van der Waals surface area contributed by atoms with Crippen LogP contribution in [-0.4, -0.2) is 31.1 Å². The average molecular weight is 386 g/mol. The van der Waals surface area contributed by atoms with E-state index in [4.69, 9.17) is 4.42 Å². The van der Waals surface area contributed by atoms with E-state index >= 15 is 0 Å². The van der Waals surface area contributed by atoms with Crippen LogP contribution in [0.2, 0.25) is 0 Å². The first kappa shape index (κ1) is 18.3. The quantitative estimate of drug-likeness (QED) is 0.851. The molecule has 2 fully saturated rings. The molecule has 3 nitrogen and oxygen atoms in total. The summed E-state index contributed by atoms with van der Waals surface area (Å²) < 4.78 is 6.72. The summed E-state index contributed by atoms with van der Waals surface area (Å²) in [5.41, 5.74) is 0. The van der Waals surface area contributed by atoms with Crippen LogP contribution in [0.4, 0.5) is 0 Å². The Morgan fingerprint density at radius 3 is 2.35 bits per heavy atom. The van der Waals surface area contributed by atoms with Crippen molar-refractivity contribution in [3.8, 4) is 0 Å². The van der Waals surface area contributed by atoms with Crippen molar-refractivity contribution < 1.29 is 4.42 Å². The number of nitrogens with zero attached hydrogens (tertiary/aromatic N) is 1. The van der Waals surface area contributed by atoms with E-state index in [1.54, 1.807) is 0 Å². The van der Waals surface area contributed by atoms with Crippen LogP contribution in [0, 0.1) is 5.92 Å². The molecule has 1 N–H and O–H groups in total. The third-order valence-corrected chi connectivity index (χ3v) is 4.70. The van der Waals surface area contributed by atoms with E-state index in [1.165, 1.54) is 25.7 Å². The van der Waals surface area contributed by atoms with Crippen molar-refractivity contribution in [3.05, 3.63) is 22.6 Å². The zero-order valence-electron chi connectivity index (χ0n) is 11.5. The van der Waals surface area contributed by atoms with Crippen LogP contribution in [0.3, 0.4) is 0 Å². The number of piperazine rings is 1. The summed E-state index contributed by atoms with van der Waals surface area (Å²) in [5, 5.41) is 3.44. The molecule has 2 aliphatic rings. The molecule has 1 aromatic rings. The standard InChI is InChI=1S/C14H21BrN2O.2ClH/c15-13-6-5-12(18-13)14(11-3-1-2-4-11)17-9-7-16-8-10-17;;/h5-6,11,14,16H,1-4,7-10H2;2*1H/t14-;;/m0../s1. The van der Waals surface area contributed by atoms with E-state index in [0.717, 1.165) is 42.5 Å². The van der Waals surface area contributed by atoms with Gasteiger partial charge >= 0.3 is 0 Å². The summed E-state index contributed by atoms with van der Waals surface area (Å²) in [6.07, 6.45) is 5.48. The zero-order chi connectivity index (χ0) is 12.4. The van der Waals surface area contributed by atoms with Crippen molar-refractivity contribution >= 4 is 40.7 Å². The van der Waals surface area contributed by atoms with Gasteiger partial charge in [0.15, 0.2) is 4.67 Å². The fourth-order valence-corrected chi connectivity index (χ4v) is 3.75. The molecule has 2 heterocycles. The fourth-order valence-electron chi connectivity index (χ4n) is 3.43. The molecule has 6 heteroatoms. The van der Waals surface area contributed by atoms with Crippen molar-refractivity contribution in [2.24, 2.45) is 5.92 Å². The molecule has 1 saturated carbocycles. The van der Waals surface area contributed by atoms with Gasteiger partial charge in [-0.05, 0) is 46.8 Å². The van der Waals surface area contributed by atoms with Gasteiger partial charge in [-0.2, -0.15) is 0 Å². The SMILES string of the molecule is Brc1ccc([C@H](C2CCCC2)N2CCNCC2)o1.Cl.Cl. The molecule has 3 rings (SSSR count). The number of halogens is 3. The Morgan fingerprint density at radius 1 is 1.15 bits per heavy atom. The number of furan rings is 1. The molecule has 1 aliphatic heterocycles. The molecule has 1 saturated heterocycles. The molecular formula is C14H23BrCl2N2O. The van der Waals surface area contributed by atoms with E-state index in [9.17, 15) is 0 Å². The minimum Gasteiger partial charge on any atom is -0.453 e. The van der Waals surface area contributed by atoms with Crippen molar-refractivity contribution in [2.75, 3.05) is 26.2 Å². The summed E-state index contributed by atoms with van der Waals surface area (Å²) in [5.74, 6) is 1.93. The third kappa shape index (κ3) is 4.14. The van der Waals surface area contributed by atoms with Crippen LogP contribution < -0.4 is 5.32 Å². The summed E-state index contributed by atoms with van der Waals surface area (Å²) in [7, 11) is 0. The summed E-state index contributed by atoms with van der Waals surface area (Å²) in [6, 6.07) is 4.66. The second kappa shape index (κ2) is 8.64. The lowest BCUT2D eigenvalue weighted by atomic mass is 9.94.